The van der Waals surface area contributed by atoms with E-state index in [-0.39, 0.29) is 6.54 Å². The lowest BCUT2D eigenvalue weighted by Crippen LogP contribution is -2.27. The molecule has 1 N–H and O–H groups in total. The van der Waals surface area contributed by atoms with E-state index in [2.05, 4.69) is 4.98 Å². The Morgan fingerprint density at radius 3 is 2.75 bits per heavy atom. The summed E-state index contributed by atoms with van der Waals surface area (Å²) < 4.78 is 26.5. The number of rotatable bonds is 3. The Hall–Kier alpha value is -2.50. The first-order chi connectivity index (χ1) is 9.49. The van der Waals surface area contributed by atoms with Crippen molar-refractivity contribution >= 4 is 5.91 Å². The van der Waals surface area contributed by atoms with Gasteiger partial charge in [0.1, 0.15) is 22.9 Å². The topological polar surface area (TPSA) is 53.4 Å². The third kappa shape index (κ3) is 2.90. The quantitative estimate of drug-likeness (QED) is 0.937. The molecule has 104 valence electrons. The van der Waals surface area contributed by atoms with Crippen LogP contribution in [0.4, 0.5) is 8.78 Å². The molecule has 6 heteroatoms. The Morgan fingerprint density at radius 2 is 2.15 bits per heavy atom. The van der Waals surface area contributed by atoms with Crippen LogP contribution in [0.1, 0.15) is 15.9 Å². The van der Waals surface area contributed by atoms with Gasteiger partial charge in [-0.05, 0) is 11.6 Å². The SMILES string of the molecule is CN(Cc1cccnc1)C(=O)c1c(O)cc(F)cc1F. The van der Waals surface area contributed by atoms with E-state index in [9.17, 15) is 18.7 Å². The fraction of sp³-hybridized carbons (Fsp3) is 0.143. The van der Waals surface area contributed by atoms with Crippen LogP contribution in [-0.2, 0) is 6.54 Å². The van der Waals surface area contributed by atoms with Crippen molar-refractivity contribution in [3.8, 4) is 5.75 Å². The molecule has 20 heavy (non-hydrogen) atoms. The van der Waals surface area contributed by atoms with Gasteiger partial charge in [0.25, 0.3) is 5.91 Å². The number of aromatic hydroxyl groups is 1. The highest BCUT2D eigenvalue weighted by atomic mass is 19.1. The second kappa shape index (κ2) is 5.64. The zero-order valence-electron chi connectivity index (χ0n) is 10.7. The maximum absolute atomic E-state index is 13.6. The maximum atomic E-state index is 13.6. The van der Waals surface area contributed by atoms with E-state index in [1.54, 1.807) is 24.5 Å². The Labute approximate surface area is 114 Å². The predicted octanol–water partition coefficient (Wildman–Crippen LogP) is 2.34. The number of hydrogen-bond donors (Lipinski definition) is 1. The molecule has 0 radical (unpaired) electrons. The fourth-order valence-corrected chi connectivity index (χ4v) is 1.80. The Kier molecular flexibility index (Phi) is 3.93. The van der Waals surface area contributed by atoms with Crippen molar-refractivity contribution in [3.05, 3.63) is 59.4 Å². The van der Waals surface area contributed by atoms with Crippen LogP contribution in [0.3, 0.4) is 0 Å². The standard InChI is InChI=1S/C14H12F2N2O2/c1-18(8-9-3-2-4-17-7-9)14(20)13-11(16)5-10(15)6-12(13)19/h2-7,19H,8H2,1H3. The predicted molar refractivity (Wildman–Crippen MR) is 68.1 cm³/mol. The van der Waals surface area contributed by atoms with Gasteiger partial charge >= 0.3 is 0 Å². The van der Waals surface area contributed by atoms with Gasteiger partial charge in [-0.1, -0.05) is 6.07 Å². The summed E-state index contributed by atoms with van der Waals surface area (Å²) >= 11 is 0. The van der Waals surface area contributed by atoms with Gasteiger partial charge in [0.05, 0.1) is 0 Å². The third-order valence-corrected chi connectivity index (χ3v) is 2.74. The Morgan fingerprint density at radius 1 is 1.40 bits per heavy atom. The second-order valence-electron chi connectivity index (χ2n) is 4.30. The molecule has 0 aliphatic heterocycles. The molecule has 2 rings (SSSR count). The van der Waals surface area contributed by atoms with Crippen LogP contribution >= 0.6 is 0 Å². The van der Waals surface area contributed by atoms with Crippen molar-refractivity contribution in [1.82, 2.24) is 9.88 Å². The summed E-state index contributed by atoms with van der Waals surface area (Å²) in [5.74, 6) is -3.48. The van der Waals surface area contributed by atoms with Crippen LogP contribution < -0.4 is 0 Å². The first kappa shape index (κ1) is 13.9. The minimum atomic E-state index is -1.09. The zero-order chi connectivity index (χ0) is 14.7. The van der Waals surface area contributed by atoms with Crippen molar-refractivity contribution in [2.24, 2.45) is 0 Å². The van der Waals surface area contributed by atoms with Crippen molar-refractivity contribution in [3.63, 3.8) is 0 Å². The number of carbonyl (C=O) groups excluding carboxylic acids is 1. The molecule has 0 fully saturated rings. The molecule has 4 nitrogen and oxygen atoms in total. The van der Waals surface area contributed by atoms with Gasteiger partial charge in [0, 0.05) is 38.1 Å². The van der Waals surface area contributed by atoms with Gasteiger partial charge in [0.15, 0.2) is 0 Å². The number of halogens is 2. The lowest BCUT2D eigenvalue weighted by molar-refractivity contribution is 0.0777. The van der Waals surface area contributed by atoms with Gasteiger partial charge < -0.3 is 10.0 Å². The molecular formula is C14H12F2N2O2. The average molecular weight is 278 g/mol. The van der Waals surface area contributed by atoms with Crippen LogP contribution in [0.5, 0.6) is 5.75 Å². The number of amides is 1. The number of phenolic OH excluding ortho intramolecular Hbond substituents is 1. The van der Waals surface area contributed by atoms with E-state index >= 15 is 0 Å². The molecule has 1 heterocycles. The lowest BCUT2D eigenvalue weighted by Gasteiger charge is -2.18. The van der Waals surface area contributed by atoms with Crippen LogP contribution in [0.15, 0.2) is 36.7 Å². The van der Waals surface area contributed by atoms with Gasteiger partial charge in [-0.2, -0.15) is 0 Å². The van der Waals surface area contributed by atoms with E-state index in [0.29, 0.717) is 12.1 Å². The molecule has 0 atom stereocenters. The number of hydrogen-bond acceptors (Lipinski definition) is 3. The summed E-state index contributed by atoms with van der Waals surface area (Å²) in [5.41, 5.74) is 0.211. The summed E-state index contributed by atoms with van der Waals surface area (Å²) in [7, 11) is 1.46. The summed E-state index contributed by atoms with van der Waals surface area (Å²) in [6.07, 6.45) is 3.17. The van der Waals surface area contributed by atoms with Crippen LogP contribution in [-0.4, -0.2) is 27.9 Å². The number of pyridine rings is 1. The molecule has 0 aliphatic rings. The lowest BCUT2D eigenvalue weighted by atomic mass is 10.1. The summed E-state index contributed by atoms with van der Waals surface area (Å²) in [6, 6.07) is 4.74. The van der Waals surface area contributed by atoms with Gasteiger partial charge in [0.2, 0.25) is 0 Å². The summed E-state index contributed by atoms with van der Waals surface area (Å²) in [6.45, 7) is 0.197. The van der Waals surface area contributed by atoms with Crippen LogP contribution in [0.25, 0.3) is 0 Å². The molecule has 1 amide bonds. The summed E-state index contributed by atoms with van der Waals surface area (Å²) in [5, 5.41) is 9.52. The van der Waals surface area contributed by atoms with Gasteiger partial charge in [-0.25, -0.2) is 8.78 Å². The Balaban J connectivity index is 2.23. The van der Waals surface area contributed by atoms with E-state index in [4.69, 9.17) is 0 Å². The van der Waals surface area contributed by atoms with Crippen molar-refractivity contribution < 1.29 is 18.7 Å². The molecule has 0 saturated carbocycles. The monoisotopic (exact) mass is 278 g/mol. The van der Waals surface area contributed by atoms with E-state index in [1.807, 2.05) is 0 Å². The normalized spacial score (nSPS) is 10.3. The molecule has 2 aromatic rings. The number of carbonyl (C=O) groups is 1. The highest BCUT2D eigenvalue weighted by molar-refractivity contribution is 5.96. The fourth-order valence-electron chi connectivity index (χ4n) is 1.80. The molecule has 0 unspecified atom stereocenters. The molecule has 0 spiro atoms. The average Bonchev–Trinajstić information content (AvgIpc) is 2.38. The van der Waals surface area contributed by atoms with Crippen molar-refractivity contribution in [2.75, 3.05) is 7.05 Å². The van der Waals surface area contributed by atoms with Gasteiger partial charge in [-0.3, -0.25) is 9.78 Å². The van der Waals surface area contributed by atoms with Crippen LogP contribution in [0, 0.1) is 11.6 Å². The molecular weight excluding hydrogens is 266 g/mol. The second-order valence-corrected chi connectivity index (χ2v) is 4.30. The third-order valence-electron chi connectivity index (χ3n) is 2.74. The highest BCUT2D eigenvalue weighted by Gasteiger charge is 2.21. The molecule has 0 aliphatic carbocycles. The number of nitrogens with zero attached hydrogens (tertiary/aromatic N) is 2. The van der Waals surface area contributed by atoms with Gasteiger partial charge in [-0.15, -0.1) is 0 Å². The summed E-state index contributed by atoms with van der Waals surface area (Å²) in [4.78, 5) is 17.2. The van der Waals surface area contributed by atoms with E-state index in [0.717, 1.165) is 5.56 Å². The number of aromatic nitrogens is 1. The molecule has 0 bridgehead atoms. The van der Waals surface area contributed by atoms with Crippen LogP contribution in [0.2, 0.25) is 0 Å². The molecule has 1 aromatic carbocycles. The molecule has 1 aromatic heterocycles. The maximum Gasteiger partial charge on any atom is 0.260 e. The van der Waals surface area contributed by atoms with E-state index in [1.165, 1.54) is 11.9 Å². The van der Waals surface area contributed by atoms with Crippen molar-refractivity contribution in [1.29, 1.82) is 0 Å². The minimum absolute atomic E-state index is 0.197. The Bertz CT molecular complexity index is 609. The van der Waals surface area contributed by atoms with E-state index < -0.39 is 28.9 Å². The molecule has 0 saturated heterocycles. The number of phenols is 1. The first-order valence-electron chi connectivity index (χ1n) is 5.81. The number of benzene rings is 1. The van der Waals surface area contributed by atoms with Crippen molar-refractivity contribution in [2.45, 2.75) is 6.54 Å². The smallest absolute Gasteiger partial charge is 0.260 e. The zero-order valence-corrected chi connectivity index (χ0v) is 10.7. The first-order valence-corrected chi connectivity index (χ1v) is 5.81. The largest absolute Gasteiger partial charge is 0.507 e. The highest BCUT2D eigenvalue weighted by Crippen LogP contribution is 2.23. The minimum Gasteiger partial charge on any atom is -0.507 e.